The molecule has 120 valence electrons. The zero-order valence-corrected chi connectivity index (χ0v) is 14.2. The van der Waals surface area contributed by atoms with Crippen LogP contribution in [0.4, 0.5) is 5.69 Å². The molecule has 2 rings (SSSR count). The van der Waals surface area contributed by atoms with Crippen LogP contribution < -0.4 is 10.2 Å². The van der Waals surface area contributed by atoms with Crippen LogP contribution in [0.2, 0.25) is 5.02 Å². The van der Waals surface area contributed by atoms with Gasteiger partial charge in [-0.05, 0) is 38.2 Å². The van der Waals surface area contributed by atoms with Crippen LogP contribution in [0.5, 0.6) is 0 Å². The number of rotatable bonds is 4. The van der Waals surface area contributed by atoms with E-state index in [1.165, 1.54) is 0 Å². The molecule has 5 heteroatoms. The number of carbonyl (C=O) groups is 1. The molecule has 0 saturated heterocycles. The molecule has 0 aliphatic carbocycles. The highest BCUT2D eigenvalue weighted by Crippen LogP contribution is 2.27. The highest BCUT2D eigenvalue weighted by molar-refractivity contribution is 6.31. The Morgan fingerprint density at radius 2 is 2.00 bits per heavy atom. The zero-order valence-electron chi connectivity index (χ0n) is 13.5. The van der Waals surface area contributed by atoms with Crippen LogP contribution in [0.1, 0.15) is 12.5 Å². The third-order valence-electron chi connectivity index (χ3n) is 3.48. The van der Waals surface area contributed by atoms with E-state index in [1.54, 1.807) is 25.1 Å². The van der Waals surface area contributed by atoms with Crippen LogP contribution in [-0.4, -0.2) is 31.9 Å². The maximum absolute atomic E-state index is 12.5. The average molecular weight is 330 g/mol. The van der Waals surface area contributed by atoms with Crippen LogP contribution in [0.15, 0.2) is 59.6 Å². The second-order valence-corrected chi connectivity index (χ2v) is 5.47. The van der Waals surface area contributed by atoms with Gasteiger partial charge in [-0.1, -0.05) is 42.0 Å². The van der Waals surface area contributed by atoms with E-state index in [4.69, 9.17) is 11.6 Å². The molecule has 1 unspecified atom stereocenters. The lowest BCUT2D eigenvalue weighted by atomic mass is 10.1. The Morgan fingerprint density at radius 1 is 1.26 bits per heavy atom. The highest BCUT2D eigenvalue weighted by atomic mass is 35.5. The SMILES string of the molecule is C\C=C/C=C\C=C\C1=NC(NC)C(=O)N(C)c2ccc(Cl)cc21. The fourth-order valence-electron chi connectivity index (χ4n) is 2.28. The Labute approximate surface area is 141 Å². The summed E-state index contributed by atoms with van der Waals surface area (Å²) in [6.07, 6.45) is 10.9. The Hall–Kier alpha value is -2.17. The van der Waals surface area contributed by atoms with E-state index in [1.807, 2.05) is 55.5 Å². The fraction of sp³-hybridized carbons (Fsp3) is 0.222. The minimum absolute atomic E-state index is 0.107. The van der Waals surface area contributed by atoms with E-state index in [-0.39, 0.29) is 5.91 Å². The summed E-state index contributed by atoms with van der Waals surface area (Å²) in [5.41, 5.74) is 2.34. The van der Waals surface area contributed by atoms with Gasteiger partial charge in [0, 0.05) is 17.6 Å². The lowest BCUT2D eigenvalue weighted by Gasteiger charge is -2.20. The Balaban J connectivity index is 2.50. The Bertz CT molecular complexity index is 704. The minimum atomic E-state index is -0.620. The Morgan fingerprint density at radius 3 is 2.70 bits per heavy atom. The monoisotopic (exact) mass is 329 g/mol. The molecule has 0 fully saturated rings. The number of amides is 1. The van der Waals surface area contributed by atoms with E-state index < -0.39 is 6.17 Å². The first-order valence-electron chi connectivity index (χ1n) is 7.37. The van der Waals surface area contributed by atoms with Crippen molar-refractivity contribution in [2.75, 3.05) is 19.0 Å². The molecular formula is C18H20ClN3O. The molecule has 1 aliphatic rings. The standard InChI is InChI=1S/C18H20ClN3O/c1-4-5-6-7-8-9-15-14-12-13(19)10-11-16(14)22(3)18(23)17(20-2)21-15/h4-12,17,20H,1-3H3/b5-4-,7-6-,9-8+. The van der Waals surface area contributed by atoms with Gasteiger partial charge in [-0.3, -0.25) is 15.1 Å². The molecule has 1 heterocycles. The molecule has 0 aromatic heterocycles. The third kappa shape index (κ3) is 3.97. The predicted molar refractivity (Wildman–Crippen MR) is 97.3 cm³/mol. The minimum Gasteiger partial charge on any atom is -0.312 e. The van der Waals surface area contributed by atoms with Crippen LogP contribution in [0.25, 0.3) is 0 Å². The van der Waals surface area contributed by atoms with Gasteiger partial charge in [-0.2, -0.15) is 0 Å². The van der Waals surface area contributed by atoms with Crippen molar-refractivity contribution in [1.82, 2.24) is 5.32 Å². The van der Waals surface area contributed by atoms with E-state index >= 15 is 0 Å². The third-order valence-corrected chi connectivity index (χ3v) is 3.72. The summed E-state index contributed by atoms with van der Waals surface area (Å²) in [7, 11) is 3.46. The van der Waals surface area contributed by atoms with Crippen molar-refractivity contribution < 1.29 is 4.79 Å². The molecule has 1 aromatic carbocycles. The van der Waals surface area contributed by atoms with Crippen molar-refractivity contribution in [1.29, 1.82) is 0 Å². The molecule has 0 spiro atoms. The van der Waals surface area contributed by atoms with Gasteiger partial charge in [0.1, 0.15) is 0 Å². The van der Waals surface area contributed by atoms with Crippen LogP contribution in [-0.2, 0) is 4.79 Å². The zero-order chi connectivity index (χ0) is 16.8. The van der Waals surface area contributed by atoms with Gasteiger partial charge in [-0.15, -0.1) is 0 Å². The molecule has 1 aliphatic heterocycles. The topological polar surface area (TPSA) is 44.7 Å². The van der Waals surface area contributed by atoms with Gasteiger partial charge in [0.2, 0.25) is 0 Å². The van der Waals surface area contributed by atoms with E-state index in [0.29, 0.717) is 10.7 Å². The number of benzene rings is 1. The van der Waals surface area contributed by atoms with Gasteiger partial charge in [-0.25, -0.2) is 0 Å². The smallest absolute Gasteiger partial charge is 0.266 e. The number of hydrogen-bond acceptors (Lipinski definition) is 3. The van der Waals surface area contributed by atoms with Gasteiger partial charge >= 0.3 is 0 Å². The number of allylic oxidation sites excluding steroid dienone is 6. The summed E-state index contributed by atoms with van der Waals surface area (Å²) in [5, 5.41) is 3.55. The second kappa shape index (κ2) is 7.90. The van der Waals surface area contributed by atoms with Crippen LogP contribution in [0.3, 0.4) is 0 Å². The summed E-state index contributed by atoms with van der Waals surface area (Å²) in [4.78, 5) is 18.6. The van der Waals surface area contributed by atoms with Crippen molar-refractivity contribution in [2.24, 2.45) is 4.99 Å². The number of aliphatic imine (C=N–C) groups is 1. The first-order valence-corrected chi connectivity index (χ1v) is 7.75. The summed E-state index contributed by atoms with van der Waals surface area (Å²) in [6, 6.07) is 5.45. The molecule has 1 amide bonds. The molecule has 0 radical (unpaired) electrons. The number of halogens is 1. The molecule has 23 heavy (non-hydrogen) atoms. The molecular weight excluding hydrogens is 310 g/mol. The molecule has 1 atom stereocenters. The summed E-state index contributed by atoms with van der Waals surface area (Å²) < 4.78 is 0. The quantitative estimate of drug-likeness (QED) is 0.861. The number of carbonyl (C=O) groups excluding carboxylic acids is 1. The van der Waals surface area contributed by atoms with Crippen molar-refractivity contribution in [3.8, 4) is 0 Å². The molecule has 1 N–H and O–H groups in total. The number of nitrogens with zero attached hydrogens (tertiary/aromatic N) is 2. The summed E-state index contributed by atoms with van der Waals surface area (Å²) in [6.45, 7) is 1.96. The van der Waals surface area contributed by atoms with Crippen molar-refractivity contribution >= 4 is 28.9 Å². The second-order valence-electron chi connectivity index (χ2n) is 5.03. The molecule has 1 aromatic rings. The highest BCUT2D eigenvalue weighted by Gasteiger charge is 2.27. The Kier molecular flexibility index (Phi) is 5.90. The number of benzodiazepines with no additional fused rings is 1. The fourth-order valence-corrected chi connectivity index (χ4v) is 2.45. The first kappa shape index (κ1) is 17.2. The van der Waals surface area contributed by atoms with Gasteiger partial charge in [0.15, 0.2) is 6.17 Å². The van der Waals surface area contributed by atoms with E-state index in [2.05, 4.69) is 10.3 Å². The van der Waals surface area contributed by atoms with Gasteiger partial charge in [0.25, 0.3) is 5.91 Å². The summed E-state index contributed by atoms with van der Waals surface area (Å²) >= 11 is 6.13. The lowest BCUT2D eigenvalue weighted by molar-refractivity contribution is -0.119. The number of hydrogen-bond donors (Lipinski definition) is 1. The van der Waals surface area contributed by atoms with Crippen molar-refractivity contribution in [2.45, 2.75) is 13.1 Å². The average Bonchev–Trinajstić information content (AvgIpc) is 2.64. The normalized spacial score (nSPS) is 18.8. The number of likely N-dealkylation sites (N-methyl/N-ethyl adjacent to an activating group) is 2. The molecule has 0 bridgehead atoms. The predicted octanol–water partition coefficient (Wildman–Crippen LogP) is 3.34. The largest absolute Gasteiger partial charge is 0.312 e. The van der Waals surface area contributed by atoms with Crippen molar-refractivity contribution in [3.63, 3.8) is 0 Å². The van der Waals surface area contributed by atoms with Crippen LogP contribution in [0, 0.1) is 0 Å². The maximum atomic E-state index is 12.5. The van der Waals surface area contributed by atoms with Crippen molar-refractivity contribution in [3.05, 3.63) is 65.2 Å². The molecule has 0 saturated carbocycles. The number of anilines is 1. The first-order chi connectivity index (χ1) is 11.1. The van der Waals surface area contributed by atoms with Gasteiger partial charge in [0.05, 0.1) is 11.4 Å². The number of fused-ring (bicyclic) bond motifs is 1. The van der Waals surface area contributed by atoms with E-state index in [9.17, 15) is 4.79 Å². The van der Waals surface area contributed by atoms with Crippen LogP contribution >= 0.6 is 11.6 Å². The molecule has 4 nitrogen and oxygen atoms in total. The van der Waals surface area contributed by atoms with E-state index in [0.717, 1.165) is 11.3 Å². The maximum Gasteiger partial charge on any atom is 0.266 e. The number of nitrogens with one attached hydrogen (secondary N) is 1. The summed E-state index contributed by atoms with van der Waals surface area (Å²) in [5.74, 6) is -0.107. The van der Waals surface area contributed by atoms with Gasteiger partial charge < -0.3 is 4.90 Å². The lowest BCUT2D eigenvalue weighted by Crippen LogP contribution is -2.41.